The van der Waals surface area contributed by atoms with E-state index in [4.69, 9.17) is 0 Å². The number of allylic oxidation sites excluding steroid dienone is 2. The zero-order chi connectivity index (χ0) is 12.4. The summed E-state index contributed by atoms with van der Waals surface area (Å²) in [7, 11) is 0. The summed E-state index contributed by atoms with van der Waals surface area (Å²) in [6.45, 7) is 6.25. The molecule has 2 heteroatoms. The molecule has 0 aromatic carbocycles. The van der Waals surface area contributed by atoms with Crippen LogP contribution in [0.1, 0.15) is 40.0 Å². The third-order valence-corrected chi connectivity index (χ3v) is 5.14. The summed E-state index contributed by atoms with van der Waals surface area (Å²) in [5.74, 6) is 0.538. The van der Waals surface area contributed by atoms with Crippen molar-refractivity contribution in [1.29, 1.82) is 0 Å². The van der Waals surface area contributed by atoms with Crippen molar-refractivity contribution in [2.24, 2.45) is 17.3 Å². The van der Waals surface area contributed by atoms with E-state index < -0.39 is 12.2 Å². The molecular weight excluding hydrogens is 212 g/mol. The summed E-state index contributed by atoms with van der Waals surface area (Å²) in [5, 5.41) is 20.6. The van der Waals surface area contributed by atoms with E-state index in [1.54, 1.807) is 0 Å². The van der Waals surface area contributed by atoms with E-state index in [9.17, 15) is 10.2 Å². The minimum atomic E-state index is -0.457. The number of hydrogen-bond donors (Lipinski definition) is 2. The van der Waals surface area contributed by atoms with Crippen molar-refractivity contribution < 1.29 is 10.2 Å². The van der Waals surface area contributed by atoms with Gasteiger partial charge >= 0.3 is 0 Å². The van der Waals surface area contributed by atoms with Gasteiger partial charge in [0.05, 0.1) is 12.2 Å². The first kappa shape index (κ1) is 11.5. The molecule has 2 nitrogen and oxygen atoms in total. The van der Waals surface area contributed by atoms with Gasteiger partial charge in [-0.2, -0.15) is 0 Å². The maximum atomic E-state index is 10.6. The Morgan fingerprint density at radius 3 is 2.59 bits per heavy atom. The molecule has 0 amide bonds. The lowest BCUT2D eigenvalue weighted by Crippen LogP contribution is -2.42. The molecule has 0 bridgehead atoms. The van der Waals surface area contributed by atoms with Gasteiger partial charge in [0.15, 0.2) is 0 Å². The number of fused-ring (bicyclic) bond motifs is 1. The van der Waals surface area contributed by atoms with Crippen molar-refractivity contribution in [1.82, 2.24) is 0 Å². The molecule has 0 aliphatic heterocycles. The Morgan fingerprint density at radius 1 is 1.41 bits per heavy atom. The third kappa shape index (κ3) is 1.40. The third-order valence-electron chi connectivity index (χ3n) is 5.14. The van der Waals surface area contributed by atoms with Gasteiger partial charge in [-0.15, -0.1) is 0 Å². The molecule has 1 fully saturated rings. The molecule has 0 saturated heterocycles. The van der Waals surface area contributed by atoms with Crippen LogP contribution >= 0.6 is 0 Å². The fourth-order valence-electron chi connectivity index (χ4n) is 4.17. The van der Waals surface area contributed by atoms with Gasteiger partial charge in [0.1, 0.15) is 0 Å². The highest BCUT2D eigenvalue weighted by Crippen LogP contribution is 2.65. The average Bonchev–Trinajstić information content (AvgIpc) is 2.92. The zero-order valence-corrected chi connectivity index (χ0v) is 10.9. The normalized spacial score (nSPS) is 40.3. The Labute approximate surface area is 103 Å². The summed E-state index contributed by atoms with van der Waals surface area (Å²) >= 11 is 0. The summed E-state index contributed by atoms with van der Waals surface area (Å²) < 4.78 is 0. The van der Waals surface area contributed by atoms with Crippen LogP contribution in [0, 0.1) is 17.3 Å². The van der Waals surface area contributed by atoms with Crippen LogP contribution in [-0.4, -0.2) is 22.4 Å². The fourth-order valence-corrected chi connectivity index (χ4v) is 4.17. The predicted octanol–water partition coefficient (Wildman–Crippen LogP) is 2.42. The van der Waals surface area contributed by atoms with Gasteiger partial charge in [-0.3, -0.25) is 0 Å². The van der Waals surface area contributed by atoms with Crippen molar-refractivity contribution in [2.45, 2.75) is 52.2 Å². The van der Waals surface area contributed by atoms with Gasteiger partial charge in [0.2, 0.25) is 0 Å². The first-order chi connectivity index (χ1) is 7.97. The van der Waals surface area contributed by atoms with Gasteiger partial charge in [0, 0.05) is 5.92 Å². The van der Waals surface area contributed by atoms with Crippen LogP contribution in [0.2, 0.25) is 0 Å². The number of rotatable bonds is 1. The highest BCUT2D eigenvalue weighted by atomic mass is 16.3. The van der Waals surface area contributed by atoms with Gasteiger partial charge in [-0.25, -0.2) is 0 Å². The lowest BCUT2D eigenvalue weighted by molar-refractivity contribution is 0.00322. The van der Waals surface area contributed by atoms with Crippen molar-refractivity contribution in [3.8, 4) is 0 Å². The smallest absolute Gasteiger partial charge is 0.0850 e. The molecule has 3 rings (SSSR count). The van der Waals surface area contributed by atoms with E-state index in [2.05, 4.69) is 19.9 Å². The Hall–Kier alpha value is -0.600. The van der Waals surface area contributed by atoms with Crippen molar-refractivity contribution in [2.75, 3.05) is 0 Å². The maximum absolute atomic E-state index is 10.6. The molecule has 3 aliphatic rings. The predicted molar refractivity (Wildman–Crippen MR) is 67.4 cm³/mol. The standard InChI is InChI=1S/C15H22O2/c1-8-6-11-9(2)15(4-5-15)13(10(3)16)14(17)12(11)7-8/h7-8,10,13-14,16-17H,4-6H2,1-3H3/t8?,10-,13+,14?/m0/s1. The average molecular weight is 234 g/mol. The summed E-state index contributed by atoms with van der Waals surface area (Å²) in [4.78, 5) is 0. The summed E-state index contributed by atoms with van der Waals surface area (Å²) in [6, 6.07) is 0. The second-order valence-corrected chi connectivity index (χ2v) is 6.27. The first-order valence-corrected chi connectivity index (χ1v) is 6.76. The molecule has 0 aromatic rings. The van der Waals surface area contributed by atoms with Crippen LogP contribution in [-0.2, 0) is 0 Å². The van der Waals surface area contributed by atoms with Gasteiger partial charge in [-0.05, 0) is 55.6 Å². The SMILES string of the molecule is CC1=C2CC(C)C=C2C(O)[C@@H]([C@H](C)O)C12CC2. The molecule has 3 aliphatic carbocycles. The Bertz CT molecular complexity index is 413. The summed E-state index contributed by atoms with van der Waals surface area (Å²) in [5.41, 5.74) is 4.06. The first-order valence-electron chi connectivity index (χ1n) is 6.76. The molecule has 94 valence electrons. The van der Waals surface area contributed by atoms with Crippen LogP contribution in [0.4, 0.5) is 0 Å². The second-order valence-electron chi connectivity index (χ2n) is 6.27. The lowest BCUT2D eigenvalue weighted by atomic mass is 9.67. The highest BCUT2D eigenvalue weighted by Gasteiger charge is 2.59. The van der Waals surface area contributed by atoms with E-state index in [0.29, 0.717) is 5.92 Å². The van der Waals surface area contributed by atoms with Crippen molar-refractivity contribution in [3.05, 3.63) is 22.8 Å². The monoisotopic (exact) mass is 234 g/mol. The van der Waals surface area contributed by atoms with E-state index in [0.717, 1.165) is 24.8 Å². The molecule has 2 unspecified atom stereocenters. The molecule has 2 N–H and O–H groups in total. The van der Waals surface area contributed by atoms with Gasteiger partial charge in [0.25, 0.3) is 0 Å². The highest BCUT2D eigenvalue weighted by molar-refractivity contribution is 5.50. The van der Waals surface area contributed by atoms with E-state index in [1.807, 2.05) is 6.92 Å². The summed E-state index contributed by atoms with van der Waals surface area (Å²) in [6.07, 6.45) is 4.66. The van der Waals surface area contributed by atoms with E-state index >= 15 is 0 Å². The van der Waals surface area contributed by atoms with Crippen LogP contribution in [0.5, 0.6) is 0 Å². The largest absolute Gasteiger partial charge is 0.393 e. The van der Waals surface area contributed by atoms with Crippen LogP contribution in [0.15, 0.2) is 22.8 Å². The zero-order valence-electron chi connectivity index (χ0n) is 10.9. The Kier molecular flexibility index (Phi) is 2.34. The van der Waals surface area contributed by atoms with Gasteiger partial charge < -0.3 is 10.2 Å². The lowest BCUT2D eigenvalue weighted by Gasteiger charge is -2.40. The Morgan fingerprint density at radius 2 is 2.06 bits per heavy atom. The molecule has 0 radical (unpaired) electrons. The minimum Gasteiger partial charge on any atom is -0.393 e. The molecular formula is C15H22O2. The topological polar surface area (TPSA) is 40.5 Å². The number of hydrogen-bond acceptors (Lipinski definition) is 2. The Balaban J connectivity index is 2.11. The van der Waals surface area contributed by atoms with Crippen molar-refractivity contribution in [3.63, 3.8) is 0 Å². The number of aliphatic hydroxyl groups excluding tert-OH is 2. The molecule has 4 atom stereocenters. The number of aliphatic hydroxyl groups is 2. The molecule has 0 heterocycles. The minimum absolute atomic E-state index is 0.00259. The van der Waals surface area contributed by atoms with Gasteiger partial charge in [-0.1, -0.05) is 18.6 Å². The molecule has 1 spiro atoms. The van der Waals surface area contributed by atoms with E-state index in [-0.39, 0.29) is 11.3 Å². The fraction of sp³-hybridized carbons (Fsp3) is 0.733. The van der Waals surface area contributed by atoms with Crippen LogP contribution in [0.3, 0.4) is 0 Å². The maximum Gasteiger partial charge on any atom is 0.0850 e. The molecule has 0 aromatic heterocycles. The molecule has 1 saturated carbocycles. The second kappa shape index (κ2) is 3.46. The quantitative estimate of drug-likeness (QED) is 0.731. The van der Waals surface area contributed by atoms with Crippen molar-refractivity contribution >= 4 is 0 Å². The van der Waals surface area contributed by atoms with E-state index in [1.165, 1.54) is 11.1 Å². The van der Waals surface area contributed by atoms with Crippen LogP contribution in [0.25, 0.3) is 0 Å². The van der Waals surface area contributed by atoms with Crippen LogP contribution < -0.4 is 0 Å². The molecule has 17 heavy (non-hydrogen) atoms.